The molecule has 0 radical (unpaired) electrons. The SMILES string of the molecule is CCCCCNc1ccccc1C(=O)Cl. The molecule has 0 saturated heterocycles. The Hall–Kier alpha value is -1.02. The Morgan fingerprint density at radius 1 is 1.33 bits per heavy atom. The summed E-state index contributed by atoms with van der Waals surface area (Å²) in [6.45, 7) is 3.05. The fourth-order valence-electron chi connectivity index (χ4n) is 1.41. The number of carbonyl (C=O) groups is 1. The maximum atomic E-state index is 11.1. The number of halogens is 1. The van der Waals surface area contributed by atoms with Gasteiger partial charge in [-0.3, -0.25) is 4.79 Å². The van der Waals surface area contributed by atoms with Crippen LogP contribution in [0.15, 0.2) is 24.3 Å². The second kappa shape index (κ2) is 6.46. The van der Waals surface area contributed by atoms with Gasteiger partial charge in [0.15, 0.2) is 0 Å². The first-order chi connectivity index (χ1) is 7.25. The van der Waals surface area contributed by atoms with Crippen molar-refractivity contribution in [1.82, 2.24) is 0 Å². The normalized spacial score (nSPS) is 10.0. The van der Waals surface area contributed by atoms with Gasteiger partial charge < -0.3 is 5.32 Å². The average Bonchev–Trinajstić information content (AvgIpc) is 2.25. The fraction of sp³-hybridized carbons (Fsp3) is 0.417. The van der Waals surface area contributed by atoms with Crippen LogP contribution < -0.4 is 5.32 Å². The zero-order valence-electron chi connectivity index (χ0n) is 8.92. The van der Waals surface area contributed by atoms with Gasteiger partial charge in [-0.05, 0) is 30.2 Å². The van der Waals surface area contributed by atoms with E-state index in [2.05, 4.69) is 12.2 Å². The molecular formula is C12H16ClNO. The van der Waals surface area contributed by atoms with E-state index in [1.54, 1.807) is 6.07 Å². The Labute approximate surface area is 95.6 Å². The van der Waals surface area contributed by atoms with E-state index >= 15 is 0 Å². The lowest BCUT2D eigenvalue weighted by Gasteiger charge is -2.08. The molecule has 1 aromatic rings. The van der Waals surface area contributed by atoms with Gasteiger partial charge in [0.2, 0.25) is 0 Å². The van der Waals surface area contributed by atoms with Crippen molar-refractivity contribution in [2.75, 3.05) is 11.9 Å². The van der Waals surface area contributed by atoms with Gasteiger partial charge in [0.25, 0.3) is 5.24 Å². The molecule has 2 nitrogen and oxygen atoms in total. The van der Waals surface area contributed by atoms with Gasteiger partial charge in [-0.2, -0.15) is 0 Å². The van der Waals surface area contributed by atoms with Gasteiger partial charge in [-0.15, -0.1) is 0 Å². The predicted octanol–water partition coefficient (Wildman–Crippen LogP) is 3.67. The summed E-state index contributed by atoms with van der Waals surface area (Å²) in [7, 11) is 0. The zero-order valence-corrected chi connectivity index (χ0v) is 9.68. The molecule has 0 heterocycles. The van der Waals surface area contributed by atoms with E-state index in [1.165, 1.54) is 12.8 Å². The molecule has 0 aromatic heterocycles. The molecule has 0 aliphatic carbocycles. The first-order valence-electron chi connectivity index (χ1n) is 5.28. The molecular weight excluding hydrogens is 210 g/mol. The monoisotopic (exact) mass is 225 g/mol. The summed E-state index contributed by atoms with van der Waals surface area (Å²) in [5, 5.41) is 2.82. The maximum Gasteiger partial charge on any atom is 0.254 e. The van der Waals surface area contributed by atoms with Crippen LogP contribution in [0.4, 0.5) is 5.69 Å². The second-order valence-corrected chi connectivity index (χ2v) is 3.80. The predicted molar refractivity (Wildman–Crippen MR) is 64.6 cm³/mol. The molecule has 1 rings (SSSR count). The Balaban J connectivity index is 2.56. The highest BCUT2D eigenvalue weighted by Gasteiger charge is 2.06. The van der Waals surface area contributed by atoms with E-state index in [-0.39, 0.29) is 0 Å². The van der Waals surface area contributed by atoms with Crippen LogP contribution in [0.3, 0.4) is 0 Å². The van der Waals surface area contributed by atoms with Gasteiger partial charge >= 0.3 is 0 Å². The number of carbonyl (C=O) groups excluding carboxylic acids is 1. The summed E-state index contributed by atoms with van der Waals surface area (Å²) in [5.41, 5.74) is 1.38. The molecule has 0 bridgehead atoms. The molecule has 0 unspecified atom stereocenters. The molecule has 0 spiro atoms. The molecule has 3 heteroatoms. The molecule has 0 aliphatic heterocycles. The minimum atomic E-state index is -0.409. The van der Waals surface area contributed by atoms with Crippen molar-refractivity contribution in [3.8, 4) is 0 Å². The molecule has 0 aliphatic rings. The number of anilines is 1. The topological polar surface area (TPSA) is 29.1 Å². The van der Waals surface area contributed by atoms with Crippen molar-refractivity contribution < 1.29 is 4.79 Å². The largest absolute Gasteiger partial charge is 0.384 e. The molecule has 1 aromatic carbocycles. The van der Waals surface area contributed by atoms with Crippen molar-refractivity contribution in [2.24, 2.45) is 0 Å². The van der Waals surface area contributed by atoms with Crippen molar-refractivity contribution in [1.29, 1.82) is 0 Å². The Morgan fingerprint density at radius 3 is 2.73 bits per heavy atom. The number of unbranched alkanes of at least 4 members (excludes halogenated alkanes) is 2. The van der Waals surface area contributed by atoms with Gasteiger partial charge in [-0.25, -0.2) is 0 Å². The Morgan fingerprint density at radius 2 is 2.07 bits per heavy atom. The summed E-state index contributed by atoms with van der Waals surface area (Å²) >= 11 is 5.47. The van der Waals surface area contributed by atoms with E-state index in [9.17, 15) is 4.79 Å². The number of para-hydroxylation sites is 1. The van der Waals surface area contributed by atoms with Crippen molar-refractivity contribution in [3.05, 3.63) is 29.8 Å². The van der Waals surface area contributed by atoms with E-state index in [0.717, 1.165) is 18.7 Å². The minimum absolute atomic E-state index is 0.409. The molecule has 0 atom stereocenters. The summed E-state index contributed by atoms with van der Waals surface area (Å²) in [4.78, 5) is 11.1. The first-order valence-corrected chi connectivity index (χ1v) is 5.66. The summed E-state index contributed by atoms with van der Waals surface area (Å²) in [6.07, 6.45) is 3.50. The maximum absolute atomic E-state index is 11.1. The van der Waals surface area contributed by atoms with Gasteiger partial charge in [0.05, 0.1) is 5.56 Å². The number of nitrogens with one attached hydrogen (secondary N) is 1. The third kappa shape index (κ3) is 3.92. The summed E-state index contributed by atoms with van der Waals surface area (Å²) in [5.74, 6) is 0. The van der Waals surface area contributed by atoms with Crippen LogP contribution in [0.25, 0.3) is 0 Å². The van der Waals surface area contributed by atoms with E-state index in [0.29, 0.717) is 5.56 Å². The zero-order chi connectivity index (χ0) is 11.1. The molecule has 0 saturated carbocycles. The highest BCUT2D eigenvalue weighted by Crippen LogP contribution is 2.17. The van der Waals surface area contributed by atoms with Crippen LogP contribution in [0.5, 0.6) is 0 Å². The quantitative estimate of drug-likeness (QED) is 0.591. The van der Waals surface area contributed by atoms with E-state index in [1.807, 2.05) is 18.2 Å². The van der Waals surface area contributed by atoms with E-state index < -0.39 is 5.24 Å². The number of hydrogen-bond donors (Lipinski definition) is 1. The molecule has 1 N–H and O–H groups in total. The van der Waals surface area contributed by atoms with Crippen molar-refractivity contribution >= 4 is 22.5 Å². The lowest BCUT2D eigenvalue weighted by molar-refractivity contribution is 0.108. The van der Waals surface area contributed by atoms with Crippen LogP contribution in [0.1, 0.15) is 36.5 Å². The number of benzene rings is 1. The van der Waals surface area contributed by atoms with Gasteiger partial charge in [0, 0.05) is 12.2 Å². The number of hydrogen-bond acceptors (Lipinski definition) is 2. The van der Waals surface area contributed by atoms with Crippen LogP contribution >= 0.6 is 11.6 Å². The lowest BCUT2D eigenvalue weighted by Crippen LogP contribution is -2.05. The fourth-order valence-corrected chi connectivity index (χ4v) is 1.57. The van der Waals surface area contributed by atoms with E-state index in [4.69, 9.17) is 11.6 Å². The van der Waals surface area contributed by atoms with Gasteiger partial charge in [-0.1, -0.05) is 31.9 Å². The molecule has 0 amide bonds. The molecule has 0 fully saturated rings. The minimum Gasteiger partial charge on any atom is -0.384 e. The molecule has 82 valence electrons. The first kappa shape index (κ1) is 12.1. The average molecular weight is 226 g/mol. The Bertz CT molecular complexity index is 325. The van der Waals surface area contributed by atoms with Crippen molar-refractivity contribution in [2.45, 2.75) is 26.2 Å². The highest BCUT2D eigenvalue weighted by molar-refractivity contribution is 6.68. The third-order valence-electron chi connectivity index (χ3n) is 2.23. The summed E-state index contributed by atoms with van der Waals surface area (Å²) in [6, 6.07) is 7.32. The smallest absolute Gasteiger partial charge is 0.254 e. The van der Waals surface area contributed by atoms with Crippen LogP contribution in [-0.4, -0.2) is 11.8 Å². The van der Waals surface area contributed by atoms with Crippen LogP contribution in [0.2, 0.25) is 0 Å². The highest BCUT2D eigenvalue weighted by atomic mass is 35.5. The van der Waals surface area contributed by atoms with Crippen LogP contribution in [-0.2, 0) is 0 Å². The van der Waals surface area contributed by atoms with Gasteiger partial charge in [0.1, 0.15) is 0 Å². The number of rotatable bonds is 6. The Kier molecular flexibility index (Phi) is 5.19. The summed E-state index contributed by atoms with van der Waals surface area (Å²) < 4.78 is 0. The van der Waals surface area contributed by atoms with Crippen LogP contribution in [0, 0.1) is 0 Å². The third-order valence-corrected chi connectivity index (χ3v) is 2.44. The lowest BCUT2D eigenvalue weighted by atomic mass is 10.2. The standard InChI is InChI=1S/C12H16ClNO/c1-2-3-6-9-14-11-8-5-4-7-10(11)12(13)15/h4-5,7-8,14H,2-3,6,9H2,1H3. The van der Waals surface area contributed by atoms with Crippen molar-refractivity contribution in [3.63, 3.8) is 0 Å². The second-order valence-electron chi connectivity index (χ2n) is 3.45. The molecule has 15 heavy (non-hydrogen) atoms.